The number of aryl methyl sites for hydroxylation is 1. The number of anilines is 2. The van der Waals surface area contributed by atoms with Crippen LogP contribution in [0.1, 0.15) is 5.56 Å². The fourth-order valence-electron chi connectivity index (χ4n) is 0.709. The van der Waals surface area contributed by atoms with Gasteiger partial charge in [-0.25, -0.2) is 4.98 Å². The Hall–Kier alpha value is -1.32. The molecule has 0 fully saturated rings. The lowest BCUT2D eigenvalue weighted by molar-refractivity contribution is 1.14. The summed E-state index contributed by atoms with van der Waals surface area (Å²) in [6.07, 6.45) is 1.69. The van der Waals surface area contributed by atoms with Crippen molar-refractivity contribution in [2.75, 3.05) is 18.1 Å². The zero-order chi connectivity index (χ0) is 7.56. The Morgan fingerprint density at radius 2 is 2.30 bits per heavy atom. The van der Waals surface area contributed by atoms with E-state index in [4.69, 9.17) is 5.73 Å². The van der Waals surface area contributed by atoms with Crippen LogP contribution in [0.2, 0.25) is 0 Å². The summed E-state index contributed by atoms with van der Waals surface area (Å²) in [6, 6.07) is 0. The van der Waals surface area contributed by atoms with Crippen molar-refractivity contribution >= 4 is 11.8 Å². The maximum atomic E-state index is 5.34. The number of nitrogens with zero attached hydrogens (tertiary/aromatic N) is 2. The van der Waals surface area contributed by atoms with Gasteiger partial charge >= 0.3 is 0 Å². The largest absolute Gasteiger partial charge is 0.373 e. The summed E-state index contributed by atoms with van der Waals surface area (Å²) in [5.41, 5.74) is 6.34. The Kier molecular flexibility index (Phi) is 1.71. The lowest BCUT2D eigenvalue weighted by atomic mass is 10.3. The maximum absolute atomic E-state index is 5.34. The van der Waals surface area contributed by atoms with Crippen LogP contribution in [0.5, 0.6) is 0 Å². The zero-order valence-electron chi connectivity index (χ0n) is 6.05. The number of aromatic nitrogens is 2. The molecule has 10 heavy (non-hydrogen) atoms. The van der Waals surface area contributed by atoms with E-state index >= 15 is 0 Å². The van der Waals surface area contributed by atoms with Gasteiger partial charge in [0.1, 0.15) is 5.82 Å². The highest BCUT2D eigenvalue weighted by atomic mass is 15.1. The minimum absolute atomic E-state index is 0.301. The van der Waals surface area contributed by atoms with E-state index in [1.54, 1.807) is 13.2 Å². The molecule has 4 nitrogen and oxygen atoms in total. The van der Waals surface area contributed by atoms with Crippen molar-refractivity contribution in [3.63, 3.8) is 0 Å². The van der Waals surface area contributed by atoms with E-state index < -0.39 is 0 Å². The summed E-state index contributed by atoms with van der Waals surface area (Å²) < 4.78 is 0. The van der Waals surface area contributed by atoms with Crippen LogP contribution in [-0.2, 0) is 0 Å². The van der Waals surface area contributed by atoms with Crippen molar-refractivity contribution in [1.82, 2.24) is 9.97 Å². The number of hydrogen-bond donors (Lipinski definition) is 2. The normalized spacial score (nSPS) is 9.40. The Morgan fingerprint density at radius 3 is 2.80 bits per heavy atom. The topological polar surface area (TPSA) is 63.8 Å². The molecular weight excluding hydrogens is 128 g/mol. The van der Waals surface area contributed by atoms with E-state index in [0.29, 0.717) is 5.95 Å². The van der Waals surface area contributed by atoms with E-state index in [-0.39, 0.29) is 0 Å². The molecule has 1 aromatic heterocycles. The molecular formula is C6H10N4. The van der Waals surface area contributed by atoms with Crippen LogP contribution in [0, 0.1) is 6.92 Å². The molecule has 54 valence electrons. The lowest BCUT2D eigenvalue weighted by Gasteiger charge is -2.01. The third-order valence-corrected chi connectivity index (χ3v) is 1.23. The van der Waals surface area contributed by atoms with Crippen molar-refractivity contribution in [3.05, 3.63) is 11.8 Å². The molecule has 1 aromatic rings. The third-order valence-electron chi connectivity index (χ3n) is 1.23. The second kappa shape index (κ2) is 2.51. The van der Waals surface area contributed by atoms with Gasteiger partial charge in [0.25, 0.3) is 0 Å². The zero-order valence-corrected chi connectivity index (χ0v) is 6.05. The van der Waals surface area contributed by atoms with Gasteiger partial charge in [0.2, 0.25) is 5.95 Å². The average molecular weight is 138 g/mol. The molecule has 0 amide bonds. The molecule has 1 rings (SSSR count). The van der Waals surface area contributed by atoms with Gasteiger partial charge < -0.3 is 11.1 Å². The Bertz CT molecular complexity index is 233. The number of nitrogens with two attached hydrogens (primary N) is 1. The summed E-state index contributed by atoms with van der Waals surface area (Å²) in [5.74, 6) is 1.09. The monoisotopic (exact) mass is 138 g/mol. The number of nitrogen functional groups attached to an aromatic ring is 1. The molecule has 0 saturated heterocycles. The molecule has 0 aromatic carbocycles. The predicted octanol–water partition coefficient (Wildman–Crippen LogP) is 0.409. The van der Waals surface area contributed by atoms with Crippen LogP contribution in [-0.4, -0.2) is 17.0 Å². The first-order chi connectivity index (χ1) is 4.74. The standard InChI is InChI=1S/C6H10N4/c1-4-3-9-6(7)10-5(4)8-2/h3H,1-2H3,(H3,7,8,9,10). The number of nitrogens with one attached hydrogen (secondary N) is 1. The van der Waals surface area contributed by atoms with Crippen molar-refractivity contribution in [3.8, 4) is 0 Å². The quantitative estimate of drug-likeness (QED) is 0.590. The highest BCUT2D eigenvalue weighted by Gasteiger charge is 1.96. The second-order valence-electron chi connectivity index (χ2n) is 2.01. The molecule has 0 spiro atoms. The van der Waals surface area contributed by atoms with Gasteiger partial charge in [0, 0.05) is 18.8 Å². The maximum Gasteiger partial charge on any atom is 0.221 e. The highest BCUT2D eigenvalue weighted by Crippen LogP contribution is 2.08. The fraction of sp³-hybridized carbons (Fsp3) is 0.333. The third kappa shape index (κ3) is 1.15. The van der Waals surface area contributed by atoms with E-state index in [2.05, 4.69) is 15.3 Å². The molecule has 0 radical (unpaired) electrons. The molecule has 1 heterocycles. The minimum Gasteiger partial charge on any atom is -0.373 e. The van der Waals surface area contributed by atoms with E-state index in [9.17, 15) is 0 Å². The van der Waals surface area contributed by atoms with E-state index in [1.165, 1.54) is 0 Å². The Morgan fingerprint density at radius 1 is 1.60 bits per heavy atom. The molecule has 4 heteroatoms. The van der Waals surface area contributed by atoms with Crippen LogP contribution < -0.4 is 11.1 Å². The minimum atomic E-state index is 0.301. The predicted molar refractivity (Wildman–Crippen MR) is 40.7 cm³/mol. The summed E-state index contributed by atoms with van der Waals surface area (Å²) in [7, 11) is 1.80. The summed E-state index contributed by atoms with van der Waals surface area (Å²) in [4.78, 5) is 7.76. The van der Waals surface area contributed by atoms with Gasteiger partial charge in [0.05, 0.1) is 0 Å². The molecule has 0 atom stereocenters. The first kappa shape index (κ1) is 6.80. The number of hydrogen-bond acceptors (Lipinski definition) is 4. The van der Waals surface area contributed by atoms with Gasteiger partial charge in [-0.15, -0.1) is 0 Å². The van der Waals surface area contributed by atoms with Crippen molar-refractivity contribution in [2.24, 2.45) is 0 Å². The van der Waals surface area contributed by atoms with Gasteiger partial charge in [-0.1, -0.05) is 0 Å². The summed E-state index contributed by atoms with van der Waals surface area (Å²) in [5, 5.41) is 2.90. The van der Waals surface area contributed by atoms with Crippen LogP contribution in [0.3, 0.4) is 0 Å². The van der Waals surface area contributed by atoms with Gasteiger partial charge in [-0.3, -0.25) is 0 Å². The van der Waals surface area contributed by atoms with Crippen LogP contribution in [0.25, 0.3) is 0 Å². The van der Waals surface area contributed by atoms with Crippen LogP contribution >= 0.6 is 0 Å². The molecule has 0 aliphatic heterocycles. The molecule has 0 unspecified atom stereocenters. The van der Waals surface area contributed by atoms with Crippen molar-refractivity contribution < 1.29 is 0 Å². The first-order valence-corrected chi connectivity index (χ1v) is 3.01. The Balaban J connectivity index is 3.09. The number of rotatable bonds is 1. The van der Waals surface area contributed by atoms with Crippen LogP contribution in [0.15, 0.2) is 6.20 Å². The highest BCUT2D eigenvalue weighted by molar-refractivity contribution is 5.44. The SMILES string of the molecule is CNc1nc(N)ncc1C. The first-order valence-electron chi connectivity index (χ1n) is 3.01. The van der Waals surface area contributed by atoms with Crippen molar-refractivity contribution in [2.45, 2.75) is 6.92 Å². The van der Waals surface area contributed by atoms with E-state index in [0.717, 1.165) is 11.4 Å². The molecule has 0 aliphatic rings. The summed E-state index contributed by atoms with van der Waals surface area (Å²) in [6.45, 7) is 1.92. The Labute approximate surface area is 59.5 Å². The smallest absolute Gasteiger partial charge is 0.221 e. The summed E-state index contributed by atoms with van der Waals surface area (Å²) >= 11 is 0. The molecule has 0 aliphatic carbocycles. The molecule has 3 N–H and O–H groups in total. The van der Waals surface area contributed by atoms with Crippen LogP contribution in [0.4, 0.5) is 11.8 Å². The van der Waals surface area contributed by atoms with E-state index in [1.807, 2.05) is 6.92 Å². The second-order valence-corrected chi connectivity index (χ2v) is 2.01. The fourth-order valence-corrected chi connectivity index (χ4v) is 0.709. The average Bonchev–Trinajstić information content (AvgIpc) is 1.94. The van der Waals surface area contributed by atoms with Gasteiger partial charge in [-0.05, 0) is 6.92 Å². The lowest BCUT2D eigenvalue weighted by Crippen LogP contribution is -2.01. The van der Waals surface area contributed by atoms with Gasteiger partial charge in [-0.2, -0.15) is 4.98 Å². The van der Waals surface area contributed by atoms with Crippen molar-refractivity contribution in [1.29, 1.82) is 0 Å². The molecule has 0 bridgehead atoms. The molecule has 0 saturated carbocycles. The van der Waals surface area contributed by atoms with Gasteiger partial charge in [0.15, 0.2) is 0 Å².